The molecule has 0 bridgehead atoms. The summed E-state index contributed by atoms with van der Waals surface area (Å²) in [5, 5.41) is 10.2. The highest BCUT2D eigenvalue weighted by Crippen LogP contribution is 2.48. The van der Waals surface area contributed by atoms with Crippen molar-refractivity contribution in [1.29, 1.82) is 0 Å². The second-order valence-electron chi connectivity index (χ2n) is 9.02. The maximum atomic E-state index is 13.6. The minimum absolute atomic E-state index is 0.0289. The maximum Gasteiger partial charge on any atom is 0.362 e. The van der Waals surface area contributed by atoms with Gasteiger partial charge in [0.25, 0.3) is 5.56 Å². The fraction of sp³-hybridized carbons (Fsp3) is 0.273. The number of sulfone groups is 1. The van der Waals surface area contributed by atoms with E-state index in [4.69, 9.17) is 11.6 Å². The van der Waals surface area contributed by atoms with Crippen molar-refractivity contribution in [1.82, 2.24) is 14.3 Å². The number of aromatic nitrogens is 3. The fourth-order valence-electron chi connectivity index (χ4n) is 4.63. The van der Waals surface area contributed by atoms with Gasteiger partial charge in [-0.1, -0.05) is 36.2 Å². The zero-order chi connectivity index (χ0) is 23.0. The topological polar surface area (TPSA) is 114 Å². The maximum absolute atomic E-state index is 13.6. The van der Waals surface area contributed by atoms with Gasteiger partial charge in [-0.05, 0) is 54.0 Å². The molecule has 0 amide bonds. The van der Waals surface area contributed by atoms with Crippen molar-refractivity contribution >= 4 is 43.2 Å². The second-order valence-corrected chi connectivity index (χ2v) is 11.3. The number of nitrogens with zero attached hydrogens (tertiary/aromatic N) is 2. The number of benzene rings is 2. The quantitative estimate of drug-likeness (QED) is 0.440. The molecule has 1 aliphatic rings. The van der Waals surface area contributed by atoms with Crippen molar-refractivity contribution in [2.45, 2.75) is 42.5 Å². The average Bonchev–Trinajstić information content (AvgIpc) is 3.13. The van der Waals surface area contributed by atoms with Crippen LogP contribution in [0.2, 0.25) is 5.02 Å². The van der Waals surface area contributed by atoms with E-state index in [0.29, 0.717) is 6.04 Å². The van der Waals surface area contributed by atoms with Crippen molar-refractivity contribution in [2.75, 3.05) is 0 Å². The van der Waals surface area contributed by atoms with Gasteiger partial charge in [-0.3, -0.25) is 4.79 Å². The molecule has 166 valence electrons. The number of nitrogens with one attached hydrogen (secondary N) is 1. The third kappa shape index (κ3) is 2.99. The third-order valence-corrected chi connectivity index (χ3v) is 8.32. The summed E-state index contributed by atoms with van der Waals surface area (Å²) in [6.07, 6.45) is 3.98. The van der Waals surface area contributed by atoms with E-state index >= 15 is 0 Å². The molecule has 5 rings (SSSR count). The predicted octanol–water partition coefficient (Wildman–Crippen LogP) is 3.73. The predicted molar refractivity (Wildman–Crippen MR) is 120 cm³/mol. The smallest absolute Gasteiger partial charge is 0.362 e. The summed E-state index contributed by atoms with van der Waals surface area (Å²) in [5.41, 5.74) is -1.43. The summed E-state index contributed by atoms with van der Waals surface area (Å²) in [5.74, 6) is 0. The van der Waals surface area contributed by atoms with Gasteiger partial charge in [0.15, 0.2) is 0 Å². The fourth-order valence-corrected chi connectivity index (χ4v) is 6.30. The molecule has 2 aromatic heterocycles. The van der Waals surface area contributed by atoms with Crippen LogP contribution in [0.1, 0.15) is 32.7 Å². The molecule has 32 heavy (non-hydrogen) atoms. The summed E-state index contributed by atoms with van der Waals surface area (Å²) in [4.78, 5) is 26.3. The Morgan fingerprint density at radius 1 is 1.12 bits per heavy atom. The Morgan fingerprint density at radius 2 is 1.84 bits per heavy atom. The Balaban J connectivity index is 1.71. The Bertz CT molecular complexity index is 1640. The molecule has 1 aliphatic carbocycles. The highest BCUT2D eigenvalue weighted by molar-refractivity contribution is 7.91. The number of rotatable bonds is 3. The van der Waals surface area contributed by atoms with Crippen molar-refractivity contribution in [3.63, 3.8) is 0 Å². The lowest BCUT2D eigenvalue weighted by molar-refractivity contribution is 0.107. The lowest BCUT2D eigenvalue weighted by Crippen LogP contribution is -2.33. The Morgan fingerprint density at radius 3 is 2.53 bits per heavy atom. The van der Waals surface area contributed by atoms with Gasteiger partial charge in [0.1, 0.15) is 0 Å². The number of aromatic amines is 1. The van der Waals surface area contributed by atoms with Crippen LogP contribution in [0.25, 0.3) is 21.8 Å². The van der Waals surface area contributed by atoms with Gasteiger partial charge >= 0.3 is 5.69 Å². The summed E-state index contributed by atoms with van der Waals surface area (Å²) in [6.45, 7) is 4.41. The molecular weight excluding hydrogens is 454 g/mol. The number of H-pyrrole nitrogens is 1. The molecule has 1 fully saturated rings. The van der Waals surface area contributed by atoms with Gasteiger partial charge in [-0.2, -0.15) is 0 Å². The van der Waals surface area contributed by atoms with Crippen LogP contribution in [0.5, 0.6) is 0 Å². The zero-order valence-electron chi connectivity index (χ0n) is 17.3. The molecule has 10 heteroatoms. The monoisotopic (exact) mass is 473 g/mol. The largest absolute Gasteiger partial charge is 0.421 e. The Kier molecular flexibility index (Phi) is 4.38. The van der Waals surface area contributed by atoms with Crippen LogP contribution in [-0.4, -0.2) is 27.9 Å². The van der Waals surface area contributed by atoms with Gasteiger partial charge in [-0.25, -0.2) is 13.2 Å². The van der Waals surface area contributed by atoms with Crippen LogP contribution < -0.4 is 11.2 Å². The Hall–Kier alpha value is -3.04. The normalized spacial score (nSPS) is 16.5. The van der Waals surface area contributed by atoms with Crippen LogP contribution in [0.15, 0.2) is 62.0 Å². The molecule has 8 nitrogen and oxygen atoms in total. The van der Waals surface area contributed by atoms with Gasteiger partial charge in [-0.15, -0.1) is 0 Å². The van der Waals surface area contributed by atoms with Gasteiger partial charge < -0.3 is 14.8 Å². The van der Waals surface area contributed by atoms with Crippen molar-refractivity contribution in [2.24, 2.45) is 5.41 Å². The number of halogens is 1. The molecular formula is C22H20ClN3O5S. The highest BCUT2D eigenvalue weighted by Gasteiger charge is 2.37. The first-order chi connectivity index (χ1) is 15.0. The first-order valence-electron chi connectivity index (χ1n) is 10.0. The van der Waals surface area contributed by atoms with Crippen LogP contribution in [-0.2, 0) is 9.84 Å². The first-order valence-corrected chi connectivity index (χ1v) is 11.9. The van der Waals surface area contributed by atoms with Crippen molar-refractivity contribution < 1.29 is 13.6 Å². The molecule has 4 aromatic rings. The Labute approximate surface area is 187 Å². The van der Waals surface area contributed by atoms with Crippen LogP contribution in [0.3, 0.4) is 0 Å². The molecule has 1 saturated carbocycles. The van der Waals surface area contributed by atoms with Gasteiger partial charge in [0.05, 0.1) is 25.7 Å². The summed E-state index contributed by atoms with van der Waals surface area (Å²) in [7, 11) is -4.12. The lowest BCUT2D eigenvalue weighted by Gasteiger charge is -2.43. The molecule has 0 aliphatic heterocycles. The van der Waals surface area contributed by atoms with E-state index in [9.17, 15) is 23.2 Å². The molecule has 0 saturated heterocycles. The van der Waals surface area contributed by atoms with Gasteiger partial charge in [0, 0.05) is 17.8 Å². The zero-order valence-corrected chi connectivity index (χ0v) is 18.9. The number of hydrogen-bond acceptors (Lipinski definition) is 5. The molecule has 0 radical (unpaired) electrons. The SMILES string of the molecule is CC1(C)CC(n2ccc3ccc(S(=O)(=O)c4ccc(Cl)c5c(=O)n(O)c(=O)[nH]c45)cc32)C1. The van der Waals surface area contributed by atoms with E-state index < -0.39 is 21.1 Å². The van der Waals surface area contributed by atoms with Gasteiger partial charge in [0.2, 0.25) is 9.84 Å². The highest BCUT2D eigenvalue weighted by atomic mass is 35.5. The van der Waals surface area contributed by atoms with Crippen LogP contribution in [0.4, 0.5) is 0 Å². The van der Waals surface area contributed by atoms with E-state index in [0.717, 1.165) is 23.7 Å². The van der Waals surface area contributed by atoms with E-state index in [2.05, 4.69) is 23.4 Å². The standard InChI is InChI=1S/C22H20ClN3O5S/c1-22(2)10-13(11-22)25-8-7-12-3-4-14(9-16(12)25)32(30,31)17-6-5-15(23)18-19(17)24-21(28)26(29)20(18)27/h3-9,13,29H,10-11H2,1-2H3,(H,24,28). The van der Waals surface area contributed by atoms with E-state index in [1.165, 1.54) is 18.2 Å². The number of fused-ring (bicyclic) bond motifs is 2. The minimum Gasteiger partial charge on any atom is -0.421 e. The van der Waals surface area contributed by atoms with E-state index in [1.807, 2.05) is 12.3 Å². The summed E-state index contributed by atoms with van der Waals surface area (Å²) < 4.78 is 29.1. The van der Waals surface area contributed by atoms with E-state index in [-0.39, 0.29) is 35.9 Å². The summed E-state index contributed by atoms with van der Waals surface area (Å²) >= 11 is 6.07. The van der Waals surface area contributed by atoms with Crippen LogP contribution in [0, 0.1) is 5.41 Å². The lowest BCUT2D eigenvalue weighted by atomic mass is 9.68. The minimum atomic E-state index is -4.12. The van der Waals surface area contributed by atoms with Crippen LogP contribution >= 0.6 is 11.6 Å². The molecule has 2 aromatic carbocycles. The third-order valence-electron chi connectivity index (χ3n) is 6.21. The molecule has 0 atom stereocenters. The summed E-state index contributed by atoms with van der Waals surface area (Å²) in [6, 6.07) is 9.61. The molecule has 0 unspecified atom stereocenters. The number of hydrogen-bond donors (Lipinski definition) is 2. The first kappa shape index (κ1) is 20.8. The molecule has 2 heterocycles. The molecule has 0 spiro atoms. The van der Waals surface area contributed by atoms with E-state index in [1.54, 1.807) is 12.1 Å². The second kappa shape index (κ2) is 6.73. The van der Waals surface area contributed by atoms with Crippen molar-refractivity contribution in [3.8, 4) is 0 Å². The van der Waals surface area contributed by atoms with Crippen molar-refractivity contribution in [3.05, 3.63) is 68.5 Å². The molecule has 2 N–H and O–H groups in total. The average molecular weight is 474 g/mol.